The monoisotopic (exact) mass is 241 g/mol. The smallest absolute Gasteiger partial charge is 0.225 e. The summed E-state index contributed by atoms with van der Waals surface area (Å²) in [5.74, 6) is 0.102. The number of β-amino-alcohol motifs (C(OH)–C–C–N with tert-alkyl or cyclic N) is 1. The number of aliphatic hydroxyl groups is 1. The quantitative estimate of drug-likeness (QED) is 0.810. The first kappa shape index (κ1) is 12.8. The van der Waals surface area contributed by atoms with Gasteiger partial charge in [0.1, 0.15) is 0 Å². The van der Waals surface area contributed by atoms with Crippen molar-refractivity contribution in [3.8, 4) is 0 Å². The van der Waals surface area contributed by atoms with Gasteiger partial charge in [-0.1, -0.05) is 13.8 Å². The third kappa shape index (κ3) is 2.47. The molecule has 2 fully saturated rings. The summed E-state index contributed by atoms with van der Waals surface area (Å²) < 4.78 is 5.92. The number of nitrogens with zero attached hydrogens (tertiary/aromatic N) is 1. The summed E-state index contributed by atoms with van der Waals surface area (Å²) >= 11 is 0. The van der Waals surface area contributed by atoms with Crippen LogP contribution in [0.25, 0.3) is 0 Å². The molecule has 2 unspecified atom stereocenters. The van der Waals surface area contributed by atoms with Crippen LogP contribution in [0, 0.1) is 0 Å². The highest BCUT2D eigenvalue weighted by atomic mass is 16.5. The van der Waals surface area contributed by atoms with Gasteiger partial charge < -0.3 is 14.7 Å². The second kappa shape index (κ2) is 4.94. The standard InChI is InChI=1S/C13H23NO3/c1-3-13(4-2)8-10(5-6-17-13)14-9-11(15)7-12(14)16/h10-11,15H,3-9H2,1-2H3. The van der Waals surface area contributed by atoms with Gasteiger partial charge >= 0.3 is 0 Å². The maximum atomic E-state index is 11.8. The van der Waals surface area contributed by atoms with Crippen LogP contribution in [0.4, 0.5) is 0 Å². The van der Waals surface area contributed by atoms with Gasteiger partial charge in [-0.2, -0.15) is 0 Å². The van der Waals surface area contributed by atoms with Crippen molar-refractivity contribution in [2.45, 2.75) is 63.7 Å². The van der Waals surface area contributed by atoms with Crippen molar-refractivity contribution in [3.63, 3.8) is 0 Å². The molecule has 2 atom stereocenters. The number of ether oxygens (including phenoxy) is 1. The zero-order chi connectivity index (χ0) is 12.5. The minimum absolute atomic E-state index is 0.0588. The normalized spacial score (nSPS) is 33.1. The van der Waals surface area contributed by atoms with Crippen LogP contribution in [0.2, 0.25) is 0 Å². The third-order valence-corrected chi connectivity index (χ3v) is 4.33. The number of amides is 1. The molecule has 4 nitrogen and oxygen atoms in total. The molecular weight excluding hydrogens is 218 g/mol. The minimum atomic E-state index is -0.469. The Morgan fingerprint density at radius 1 is 1.47 bits per heavy atom. The topological polar surface area (TPSA) is 49.8 Å². The Morgan fingerprint density at radius 3 is 2.71 bits per heavy atom. The summed E-state index contributed by atoms with van der Waals surface area (Å²) in [6.07, 6.45) is 3.62. The summed E-state index contributed by atoms with van der Waals surface area (Å²) in [4.78, 5) is 13.7. The molecule has 1 N–H and O–H groups in total. The lowest BCUT2D eigenvalue weighted by atomic mass is 9.85. The Labute approximate surface area is 103 Å². The van der Waals surface area contributed by atoms with E-state index in [1.165, 1.54) is 0 Å². The molecule has 0 aromatic heterocycles. The van der Waals surface area contributed by atoms with Gasteiger partial charge in [-0.3, -0.25) is 4.79 Å². The van der Waals surface area contributed by atoms with E-state index in [1.807, 2.05) is 4.90 Å². The van der Waals surface area contributed by atoms with Gasteiger partial charge in [0.15, 0.2) is 0 Å². The van der Waals surface area contributed by atoms with Crippen molar-refractivity contribution in [1.82, 2.24) is 4.90 Å². The van der Waals surface area contributed by atoms with Crippen molar-refractivity contribution < 1.29 is 14.6 Å². The van der Waals surface area contributed by atoms with Crippen LogP contribution in [-0.2, 0) is 9.53 Å². The van der Waals surface area contributed by atoms with E-state index >= 15 is 0 Å². The number of rotatable bonds is 3. The Balaban J connectivity index is 2.04. The van der Waals surface area contributed by atoms with Gasteiger partial charge in [-0.05, 0) is 25.7 Å². The summed E-state index contributed by atoms with van der Waals surface area (Å²) in [5, 5.41) is 9.55. The van der Waals surface area contributed by atoms with Crippen molar-refractivity contribution in [2.75, 3.05) is 13.2 Å². The van der Waals surface area contributed by atoms with E-state index < -0.39 is 6.10 Å². The molecule has 1 amide bonds. The number of carbonyl (C=O) groups is 1. The molecule has 0 radical (unpaired) electrons. The molecule has 17 heavy (non-hydrogen) atoms. The fraction of sp³-hybridized carbons (Fsp3) is 0.923. The van der Waals surface area contributed by atoms with E-state index in [4.69, 9.17) is 4.74 Å². The number of carbonyl (C=O) groups excluding carboxylic acids is 1. The highest BCUT2D eigenvalue weighted by molar-refractivity contribution is 5.79. The maximum Gasteiger partial charge on any atom is 0.225 e. The first-order valence-electron chi connectivity index (χ1n) is 6.71. The molecule has 2 rings (SSSR count). The molecule has 0 bridgehead atoms. The molecule has 0 spiro atoms. The first-order valence-corrected chi connectivity index (χ1v) is 6.71. The molecule has 98 valence electrons. The van der Waals surface area contributed by atoms with E-state index in [9.17, 15) is 9.90 Å². The number of hydrogen-bond acceptors (Lipinski definition) is 3. The molecule has 0 aromatic carbocycles. The highest BCUT2D eigenvalue weighted by Gasteiger charge is 2.41. The van der Waals surface area contributed by atoms with Crippen molar-refractivity contribution in [3.05, 3.63) is 0 Å². The average molecular weight is 241 g/mol. The minimum Gasteiger partial charge on any atom is -0.391 e. The van der Waals surface area contributed by atoms with Crippen LogP contribution < -0.4 is 0 Å². The van der Waals surface area contributed by atoms with Gasteiger partial charge in [0.2, 0.25) is 5.91 Å². The summed E-state index contributed by atoms with van der Waals surface area (Å²) in [5.41, 5.74) is -0.0588. The van der Waals surface area contributed by atoms with Crippen LogP contribution in [0.1, 0.15) is 46.0 Å². The Kier molecular flexibility index (Phi) is 3.73. The summed E-state index contributed by atoms with van der Waals surface area (Å²) in [6, 6.07) is 0.258. The summed E-state index contributed by atoms with van der Waals surface area (Å²) in [7, 11) is 0. The van der Waals surface area contributed by atoms with E-state index in [0.717, 1.165) is 32.3 Å². The highest BCUT2D eigenvalue weighted by Crippen LogP contribution is 2.34. The molecule has 0 aliphatic carbocycles. The Morgan fingerprint density at radius 2 is 2.18 bits per heavy atom. The van der Waals surface area contributed by atoms with Gasteiger partial charge in [-0.25, -0.2) is 0 Å². The lowest BCUT2D eigenvalue weighted by molar-refractivity contribution is -0.139. The molecule has 2 aliphatic heterocycles. The van der Waals surface area contributed by atoms with Gasteiger partial charge in [0, 0.05) is 19.2 Å². The van der Waals surface area contributed by atoms with E-state index in [-0.39, 0.29) is 17.6 Å². The molecule has 0 saturated carbocycles. The second-order valence-corrected chi connectivity index (χ2v) is 5.29. The molecule has 0 aromatic rings. The first-order chi connectivity index (χ1) is 8.10. The lowest BCUT2D eigenvalue weighted by Gasteiger charge is -2.43. The number of hydrogen-bond donors (Lipinski definition) is 1. The molecule has 2 heterocycles. The van der Waals surface area contributed by atoms with Gasteiger partial charge in [0.05, 0.1) is 18.1 Å². The van der Waals surface area contributed by atoms with E-state index in [2.05, 4.69) is 13.8 Å². The Bertz CT molecular complexity index is 288. The Hall–Kier alpha value is -0.610. The van der Waals surface area contributed by atoms with Crippen LogP contribution in [0.5, 0.6) is 0 Å². The van der Waals surface area contributed by atoms with E-state index in [1.54, 1.807) is 0 Å². The predicted molar refractivity (Wildman–Crippen MR) is 64.6 cm³/mol. The van der Waals surface area contributed by atoms with Crippen LogP contribution in [0.15, 0.2) is 0 Å². The predicted octanol–water partition coefficient (Wildman–Crippen LogP) is 1.32. The summed E-state index contributed by atoms with van der Waals surface area (Å²) in [6.45, 7) is 5.53. The fourth-order valence-corrected chi connectivity index (χ4v) is 3.08. The van der Waals surface area contributed by atoms with Gasteiger partial charge in [0.25, 0.3) is 0 Å². The van der Waals surface area contributed by atoms with Crippen LogP contribution in [0.3, 0.4) is 0 Å². The second-order valence-electron chi connectivity index (χ2n) is 5.29. The SMILES string of the molecule is CCC1(CC)CC(N2CC(O)CC2=O)CCO1. The number of likely N-dealkylation sites (tertiary alicyclic amines) is 1. The van der Waals surface area contributed by atoms with Gasteiger partial charge in [-0.15, -0.1) is 0 Å². The fourth-order valence-electron chi connectivity index (χ4n) is 3.08. The van der Waals surface area contributed by atoms with Crippen molar-refractivity contribution in [2.24, 2.45) is 0 Å². The molecule has 4 heteroatoms. The van der Waals surface area contributed by atoms with E-state index in [0.29, 0.717) is 13.0 Å². The van der Waals surface area contributed by atoms with Crippen LogP contribution >= 0.6 is 0 Å². The zero-order valence-electron chi connectivity index (χ0n) is 10.8. The van der Waals surface area contributed by atoms with Crippen LogP contribution in [-0.4, -0.2) is 46.8 Å². The molecular formula is C13H23NO3. The number of aliphatic hydroxyl groups excluding tert-OH is 1. The third-order valence-electron chi connectivity index (χ3n) is 4.33. The zero-order valence-corrected chi connectivity index (χ0v) is 10.8. The molecule has 2 aliphatic rings. The molecule has 2 saturated heterocycles. The average Bonchev–Trinajstić information content (AvgIpc) is 2.68. The van der Waals surface area contributed by atoms with Crippen molar-refractivity contribution >= 4 is 5.91 Å². The van der Waals surface area contributed by atoms with Crippen molar-refractivity contribution in [1.29, 1.82) is 0 Å². The largest absolute Gasteiger partial charge is 0.391 e. The lowest BCUT2D eigenvalue weighted by Crippen LogP contribution is -2.49. The maximum absolute atomic E-state index is 11.8.